The predicted octanol–water partition coefficient (Wildman–Crippen LogP) is 2.02. The number of pyridine rings is 1. The average Bonchev–Trinajstić information content (AvgIpc) is 3.08. The fraction of sp³-hybridized carbons (Fsp3) is 0.263. The normalized spacial score (nSPS) is 13.4. The molecule has 0 saturated carbocycles. The maximum Gasteiger partial charge on any atom is 0.253 e. The van der Waals surface area contributed by atoms with Gasteiger partial charge in [-0.1, -0.05) is 6.07 Å². The molecule has 7 heteroatoms. The van der Waals surface area contributed by atoms with Crippen LogP contribution < -0.4 is 16.4 Å². The minimum Gasteiger partial charge on any atom is -0.508 e. The van der Waals surface area contributed by atoms with Crippen molar-refractivity contribution >= 4 is 28.6 Å². The maximum atomic E-state index is 12.1. The number of amides is 1. The minimum absolute atomic E-state index is 0.158. The molecule has 0 radical (unpaired) electrons. The van der Waals surface area contributed by atoms with Crippen molar-refractivity contribution in [3.8, 4) is 11.4 Å². The van der Waals surface area contributed by atoms with Gasteiger partial charge < -0.3 is 21.5 Å². The number of phenolic OH excluding ortho intramolecular Hbond substituents is 1. The number of carbonyl (C=O) groups is 1. The van der Waals surface area contributed by atoms with E-state index in [4.69, 9.17) is 16.5 Å². The molecular weight excluding hydrogens is 330 g/mol. The number of primary amides is 1. The Morgan fingerprint density at radius 1 is 1.31 bits per heavy atom. The Hall–Kier alpha value is -3.22. The molecule has 1 aliphatic rings. The van der Waals surface area contributed by atoms with Crippen LogP contribution in [0.15, 0.2) is 18.2 Å². The first-order valence-corrected chi connectivity index (χ1v) is 8.45. The molecule has 0 fully saturated rings. The molecule has 0 spiro atoms. The first-order valence-electron chi connectivity index (χ1n) is 8.45. The van der Waals surface area contributed by atoms with Crippen LogP contribution in [0.4, 0.5) is 11.6 Å². The summed E-state index contributed by atoms with van der Waals surface area (Å²) >= 11 is 0. The van der Waals surface area contributed by atoms with Gasteiger partial charge in [0.2, 0.25) is 0 Å². The largest absolute Gasteiger partial charge is 0.508 e. The van der Waals surface area contributed by atoms with Gasteiger partial charge in [0.15, 0.2) is 0 Å². The molecule has 5 N–H and O–H groups in total. The van der Waals surface area contributed by atoms with Gasteiger partial charge in [0.25, 0.3) is 5.91 Å². The quantitative estimate of drug-likeness (QED) is 0.654. The number of aromatic nitrogens is 2. The second-order valence-corrected chi connectivity index (χ2v) is 6.85. The number of rotatable bonds is 2. The van der Waals surface area contributed by atoms with E-state index in [9.17, 15) is 9.90 Å². The summed E-state index contributed by atoms with van der Waals surface area (Å²) in [6.07, 6.45) is 0.863. The lowest BCUT2D eigenvalue weighted by atomic mass is 10.1. The fourth-order valence-electron chi connectivity index (χ4n) is 3.82. The number of anilines is 2. The van der Waals surface area contributed by atoms with Gasteiger partial charge in [-0.15, -0.1) is 0 Å². The van der Waals surface area contributed by atoms with Crippen LogP contribution in [-0.4, -0.2) is 34.2 Å². The number of hydrogen-bond acceptors (Lipinski definition) is 5. The van der Waals surface area contributed by atoms with Crippen molar-refractivity contribution in [3.63, 3.8) is 0 Å². The first-order chi connectivity index (χ1) is 12.3. The molecule has 0 bridgehead atoms. The number of nitrogen functional groups attached to an aromatic ring is 1. The molecule has 134 valence electrons. The van der Waals surface area contributed by atoms with Crippen LogP contribution in [0.5, 0.6) is 5.75 Å². The van der Waals surface area contributed by atoms with Gasteiger partial charge in [-0.2, -0.15) is 0 Å². The third-order valence-corrected chi connectivity index (χ3v) is 5.19. The Kier molecular flexibility index (Phi) is 3.37. The van der Waals surface area contributed by atoms with E-state index in [1.54, 1.807) is 10.6 Å². The highest BCUT2D eigenvalue weighted by Gasteiger charge is 2.27. The zero-order valence-corrected chi connectivity index (χ0v) is 15.0. The number of hydrogen-bond donors (Lipinski definition) is 3. The summed E-state index contributed by atoms with van der Waals surface area (Å²) in [5.41, 5.74) is 16.2. The summed E-state index contributed by atoms with van der Waals surface area (Å²) in [5.74, 6) is 0.686. The van der Waals surface area contributed by atoms with E-state index < -0.39 is 5.91 Å². The van der Waals surface area contributed by atoms with Gasteiger partial charge in [0.1, 0.15) is 23.0 Å². The van der Waals surface area contributed by atoms with Gasteiger partial charge in [-0.05, 0) is 43.5 Å². The molecule has 7 nitrogen and oxygen atoms in total. The third kappa shape index (κ3) is 2.06. The van der Waals surface area contributed by atoms with Crippen molar-refractivity contribution in [1.29, 1.82) is 0 Å². The Labute approximate surface area is 150 Å². The van der Waals surface area contributed by atoms with E-state index in [1.807, 2.05) is 33.0 Å². The maximum absolute atomic E-state index is 12.1. The highest BCUT2D eigenvalue weighted by Crippen LogP contribution is 2.38. The number of phenols is 1. The summed E-state index contributed by atoms with van der Waals surface area (Å²) in [6.45, 7) is 4.61. The monoisotopic (exact) mass is 351 g/mol. The Balaban J connectivity index is 2.17. The molecule has 0 saturated heterocycles. The lowest BCUT2D eigenvalue weighted by molar-refractivity contribution is 0.100. The number of carbonyl (C=O) groups excluding carboxylic acids is 1. The predicted molar refractivity (Wildman–Crippen MR) is 102 cm³/mol. The van der Waals surface area contributed by atoms with Crippen molar-refractivity contribution in [2.75, 3.05) is 24.2 Å². The molecule has 3 heterocycles. The van der Waals surface area contributed by atoms with Gasteiger partial charge in [0.05, 0.1) is 11.3 Å². The minimum atomic E-state index is -0.588. The molecule has 0 unspecified atom stereocenters. The summed E-state index contributed by atoms with van der Waals surface area (Å²) in [6, 6.07) is 5.41. The molecule has 0 aliphatic carbocycles. The number of fused-ring (bicyclic) bond motifs is 2. The number of nitrogens with zero attached hydrogens (tertiary/aromatic N) is 3. The van der Waals surface area contributed by atoms with Gasteiger partial charge in [0, 0.05) is 24.5 Å². The van der Waals surface area contributed by atoms with Crippen molar-refractivity contribution < 1.29 is 9.90 Å². The summed E-state index contributed by atoms with van der Waals surface area (Å²) in [7, 11) is 1.99. The van der Waals surface area contributed by atoms with Crippen LogP contribution >= 0.6 is 0 Å². The summed E-state index contributed by atoms with van der Waals surface area (Å²) in [4.78, 5) is 19.0. The zero-order chi connectivity index (χ0) is 18.7. The first kappa shape index (κ1) is 16.3. The van der Waals surface area contributed by atoms with Gasteiger partial charge in [-0.3, -0.25) is 9.36 Å². The molecule has 2 aromatic heterocycles. The second-order valence-electron chi connectivity index (χ2n) is 6.85. The Morgan fingerprint density at radius 3 is 2.73 bits per heavy atom. The van der Waals surface area contributed by atoms with Crippen LogP contribution in [0, 0.1) is 13.8 Å². The van der Waals surface area contributed by atoms with Crippen LogP contribution in [0.25, 0.3) is 16.7 Å². The number of likely N-dealkylation sites (N-methyl/N-ethyl adjacent to an activating group) is 1. The average molecular weight is 351 g/mol. The molecule has 1 amide bonds. The van der Waals surface area contributed by atoms with E-state index in [-0.39, 0.29) is 17.1 Å². The van der Waals surface area contributed by atoms with E-state index in [0.29, 0.717) is 22.3 Å². The van der Waals surface area contributed by atoms with Crippen molar-refractivity contribution in [2.24, 2.45) is 5.73 Å². The second kappa shape index (κ2) is 5.39. The van der Waals surface area contributed by atoms with Crippen molar-refractivity contribution in [2.45, 2.75) is 20.3 Å². The Bertz CT molecular complexity index is 1080. The number of aromatic hydroxyl groups is 1. The smallest absolute Gasteiger partial charge is 0.253 e. The molecular formula is C19H21N5O2. The highest BCUT2D eigenvalue weighted by atomic mass is 16.3. The van der Waals surface area contributed by atoms with Crippen molar-refractivity contribution in [1.82, 2.24) is 9.55 Å². The summed E-state index contributed by atoms with van der Waals surface area (Å²) in [5, 5.41) is 10.8. The zero-order valence-electron chi connectivity index (χ0n) is 15.0. The van der Waals surface area contributed by atoms with Crippen LogP contribution in [0.2, 0.25) is 0 Å². The fourth-order valence-corrected chi connectivity index (χ4v) is 3.82. The molecule has 0 atom stereocenters. The van der Waals surface area contributed by atoms with E-state index in [1.165, 1.54) is 0 Å². The SMILES string of the molecule is Cc1ccc(O)c(C)c1-n1c(N)c(C(N)=O)c2cc3c(nc21)N(C)CC3. The van der Waals surface area contributed by atoms with Crippen LogP contribution in [0.1, 0.15) is 27.0 Å². The van der Waals surface area contributed by atoms with E-state index >= 15 is 0 Å². The molecule has 26 heavy (non-hydrogen) atoms. The van der Waals surface area contributed by atoms with Gasteiger partial charge >= 0.3 is 0 Å². The number of nitrogens with two attached hydrogens (primary N) is 2. The molecule has 3 aromatic rings. The highest BCUT2D eigenvalue weighted by molar-refractivity contribution is 6.11. The molecule has 1 aliphatic heterocycles. The van der Waals surface area contributed by atoms with E-state index in [0.717, 1.165) is 29.9 Å². The molecule has 4 rings (SSSR count). The number of aryl methyl sites for hydroxylation is 1. The number of benzene rings is 1. The van der Waals surface area contributed by atoms with Crippen LogP contribution in [0.3, 0.4) is 0 Å². The lowest BCUT2D eigenvalue weighted by Gasteiger charge is -2.16. The topological polar surface area (TPSA) is 110 Å². The Morgan fingerprint density at radius 2 is 2.04 bits per heavy atom. The summed E-state index contributed by atoms with van der Waals surface area (Å²) < 4.78 is 1.73. The third-order valence-electron chi connectivity index (χ3n) is 5.19. The lowest BCUT2D eigenvalue weighted by Crippen LogP contribution is -2.14. The molecule has 1 aromatic carbocycles. The van der Waals surface area contributed by atoms with Gasteiger partial charge in [-0.25, -0.2) is 4.98 Å². The van der Waals surface area contributed by atoms with Crippen molar-refractivity contribution in [3.05, 3.63) is 40.5 Å². The van der Waals surface area contributed by atoms with E-state index in [2.05, 4.69) is 4.90 Å². The standard InChI is InChI=1S/C19H21N5O2/c1-9-4-5-13(25)10(2)15(9)24-16(20)14(17(21)26)12-8-11-6-7-23(3)18(11)22-19(12)24/h4-5,8,25H,6-7,20H2,1-3H3,(H2,21,26). The van der Waals surface area contributed by atoms with Crippen LogP contribution in [-0.2, 0) is 6.42 Å².